The molecule has 1 unspecified atom stereocenters. The molecule has 1 aromatic heterocycles. The van der Waals surface area contributed by atoms with Crippen molar-refractivity contribution >= 4 is 35.0 Å². The lowest BCUT2D eigenvalue weighted by Gasteiger charge is -2.14. The van der Waals surface area contributed by atoms with Gasteiger partial charge < -0.3 is 10.6 Å². The molecule has 1 aromatic rings. The van der Waals surface area contributed by atoms with E-state index in [1.807, 2.05) is 0 Å². The third-order valence-electron chi connectivity index (χ3n) is 2.73. The number of hydrogen-bond donors (Lipinski definition) is 2. The molecule has 1 heterocycles. The quantitative estimate of drug-likeness (QED) is 0.833. The average molecular weight is 302 g/mol. The molecule has 19 heavy (non-hydrogen) atoms. The van der Waals surface area contributed by atoms with E-state index in [0.29, 0.717) is 0 Å². The van der Waals surface area contributed by atoms with Crippen molar-refractivity contribution in [3.05, 3.63) is 28.0 Å². The molecule has 1 aliphatic rings. The molecule has 0 radical (unpaired) electrons. The molecule has 2 amide bonds. The van der Waals surface area contributed by atoms with Gasteiger partial charge in [0.1, 0.15) is 11.2 Å². The second kappa shape index (κ2) is 5.75. The third kappa shape index (κ3) is 3.81. The number of aromatic nitrogens is 1. The van der Waals surface area contributed by atoms with Gasteiger partial charge in [-0.3, -0.25) is 9.59 Å². The maximum atomic E-state index is 12.0. The predicted molar refractivity (Wildman–Crippen MR) is 72.3 cm³/mol. The van der Waals surface area contributed by atoms with Crippen molar-refractivity contribution in [2.24, 2.45) is 0 Å². The Hall–Kier alpha value is -1.33. The van der Waals surface area contributed by atoms with Crippen LogP contribution >= 0.6 is 23.2 Å². The Balaban J connectivity index is 1.99. The highest BCUT2D eigenvalue weighted by atomic mass is 35.5. The molecule has 0 spiro atoms. The maximum absolute atomic E-state index is 12.0. The fourth-order valence-corrected chi connectivity index (χ4v) is 1.83. The Bertz CT molecular complexity index is 518. The third-order valence-corrected chi connectivity index (χ3v) is 3.24. The van der Waals surface area contributed by atoms with Crippen LogP contribution in [0.4, 0.5) is 0 Å². The fourth-order valence-electron chi connectivity index (χ4n) is 1.48. The lowest BCUT2D eigenvalue weighted by Crippen LogP contribution is -2.45. The number of amides is 2. The molecule has 2 N–H and O–H groups in total. The number of carbonyl (C=O) groups is 2. The molecule has 5 nitrogen and oxygen atoms in total. The zero-order valence-corrected chi connectivity index (χ0v) is 11.8. The summed E-state index contributed by atoms with van der Waals surface area (Å²) in [7, 11) is 0. The molecule has 1 aliphatic carbocycles. The molecule has 1 fully saturated rings. The van der Waals surface area contributed by atoms with Crippen LogP contribution in [0, 0.1) is 0 Å². The van der Waals surface area contributed by atoms with E-state index in [-0.39, 0.29) is 27.7 Å². The topological polar surface area (TPSA) is 71.1 Å². The van der Waals surface area contributed by atoms with E-state index in [2.05, 4.69) is 15.6 Å². The Kier molecular flexibility index (Phi) is 4.27. The van der Waals surface area contributed by atoms with Crippen LogP contribution in [0.15, 0.2) is 12.3 Å². The van der Waals surface area contributed by atoms with Crippen molar-refractivity contribution in [3.8, 4) is 0 Å². The SMILES string of the molecule is CC(NC(=O)c1cc(Cl)ncc1Cl)C(=O)NC1CC1. The van der Waals surface area contributed by atoms with E-state index in [4.69, 9.17) is 23.2 Å². The van der Waals surface area contributed by atoms with E-state index in [9.17, 15) is 9.59 Å². The Labute approximate surface area is 120 Å². The van der Waals surface area contributed by atoms with Gasteiger partial charge in [0.2, 0.25) is 5.91 Å². The summed E-state index contributed by atoms with van der Waals surface area (Å²) in [5, 5.41) is 5.75. The number of carbonyl (C=O) groups excluding carboxylic acids is 2. The summed E-state index contributed by atoms with van der Waals surface area (Å²) in [5.41, 5.74) is 0.202. The molecule has 0 saturated heterocycles. The summed E-state index contributed by atoms with van der Waals surface area (Å²) in [6.07, 6.45) is 3.30. The van der Waals surface area contributed by atoms with E-state index in [0.717, 1.165) is 12.8 Å². The van der Waals surface area contributed by atoms with E-state index in [1.165, 1.54) is 12.3 Å². The normalized spacial score (nSPS) is 15.7. The van der Waals surface area contributed by atoms with Gasteiger partial charge in [0.05, 0.1) is 10.6 Å². The standard InChI is InChI=1S/C12H13Cl2N3O2/c1-6(11(18)17-7-2-3-7)16-12(19)8-4-10(14)15-5-9(8)13/h4-7H,2-3H2,1H3,(H,16,19)(H,17,18). The van der Waals surface area contributed by atoms with Crippen molar-refractivity contribution in [1.82, 2.24) is 15.6 Å². The van der Waals surface area contributed by atoms with Crippen molar-refractivity contribution < 1.29 is 9.59 Å². The molecule has 1 atom stereocenters. The van der Waals surface area contributed by atoms with Gasteiger partial charge in [-0.15, -0.1) is 0 Å². The average Bonchev–Trinajstić information content (AvgIpc) is 3.15. The Morgan fingerprint density at radius 3 is 2.74 bits per heavy atom. The predicted octanol–water partition coefficient (Wildman–Crippen LogP) is 1.79. The highest BCUT2D eigenvalue weighted by Gasteiger charge is 2.26. The number of pyridine rings is 1. The summed E-state index contributed by atoms with van der Waals surface area (Å²) >= 11 is 11.6. The lowest BCUT2D eigenvalue weighted by atomic mass is 10.2. The van der Waals surface area contributed by atoms with E-state index >= 15 is 0 Å². The van der Waals surface area contributed by atoms with Gasteiger partial charge >= 0.3 is 0 Å². The van der Waals surface area contributed by atoms with Gasteiger partial charge in [-0.1, -0.05) is 23.2 Å². The second-order valence-corrected chi connectivity index (χ2v) is 5.26. The van der Waals surface area contributed by atoms with Gasteiger partial charge in [0, 0.05) is 12.2 Å². The second-order valence-electron chi connectivity index (χ2n) is 4.46. The highest BCUT2D eigenvalue weighted by Crippen LogP contribution is 2.19. The van der Waals surface area contributed by atoms with Crippen molar-refractivity contribution in [2.45, 2.75) is 31.8 Å². The monoisotopic (exact) mass is 301 g/mol. The van der Waals surface area contributed by atoms with Crippen LogP contribution in [0.5, 0.6) is 0 Å². The minimum absolute atomic E-state index is 0.171. The van der Waals surface area contributed by atoms with E-state index in [1.54, 1.807) is 6.92 Å². The van der Waals surface area contributed by atoms with Crippen LogP contribution in [-0.4, -0.2) is 28.9 Å². The first-order chi connectivity index (χ1) is 8.97. The lowest BCUT2D eigenvalue weighted by molar-refractivity contribution is -0.122. The van der Waals surface area contributed by atoms with Crippen molar-refractivity contribution in [2.75, 3.05) is 0 Å². The van der Waals surface area contributed by atoms with Crippen LogP contribution in [-0.2, 0) is 4.79 Å². The van der Waals surface area contributed by atoms with Gasteiger partial charge in [-0.05, 0) is 25.8 Å². The fraction of sp³-hybridized carbons (Fsp3) is 0.417. The van der Waals surface area contributed by atoms with Crippen LogP contribution < -0.4 is 10.6 Å². The molecule has 102 valence electrons. The molecular formula is C12H13Cl2N3O2. The smallest absolute Gasteiger partial charge is 0.253 e. The molecule has 2 rings (SSSR count). The molecule has 0 bridgehead atoms. The summed E-state index contributed by atoms with van der Waals surface area (Å²) in [6.45, 7) is 1.62. The summed E-state index contributed by atoms with van der Waals surface area (Å²) < 4.78 is 0. The van der Waals surface area contributed by atoms with Gasteiger partial charge in [0.15, 0.2) is 0 Å². The first kappa shape index (κ1) is 14.1. The number of nitrogens with zero attached hydrogens (tertiary/aromatic N) is 1. The molecule has 0 aliphatic heterocycles. The van der Waals surface area contributed by atoms with Crippen LogP contribution in [0.1, 0.15) is 30.1 Å². The van der Waals surface area contributed by atoms with Gasteiger partial charge in [-0.25, -0.2) is 4.98 Å². The first-order valence-electron chi connectivity index (χ1n) is 5.89. The summed E-state index contributed by atoms with van der Waals surface area (Å²) in [6, 6.07) is 0.993. The van der Waals surface area contributed by atoms with E-state index < -0.39 is 11.9 Å². The minimum atomic E-state index is -0.629. The van der Waals surface area contributed by atoms with Crippen LogP contribution in [0.3, 0.4) is 0 Å². The Morgan fingerprint density at radius 1 is 1.42 bits per heavy atom. The molecule has 0 aromatic carbocycles. The number of hydrogen-bond acceptors (Lipinski definition) is 3. The number of nitrogens with one attached hydrogen (secondary N) is 2. The van der Waals surface area contributed by atoms with Crippen LogP contribution in [0.2, 0.25) is 10.2 Å². The minimum Gasteiger partial charge on any atom is -0.352 e. The molecule has 7 heteroatoms. The Morgan fingerprint density at radius 2 is 2.11 bits per heavy atom. The van der Waals surface area contributed by atoms with Gasteiger partial charge in [0.25, 0.3) is 5.91 Å². The maximum Gasteiger partial charge on any atom is 0.253 e. The van der Waals surface area contributed by atoms with Crippen LogP contribution in [0.25, 0.3) is 0 Å². The largest absolute Gasteiger partial charge is 0.352 e. The first-order valence-corrected chi connectivity index (χ1v) is 6.65. The molecule has 1 saturated carbocycles. The summed E-state index contributed by atoms with van der Waals surface area (Å²) in [4.78, 5) is 27.4. The molecular weight excluding hydrogens is 289 g/mol. The van der Waals surface area contributed by atoms with Crippen molar-refractivity contribution in [1.29, 1.82) is 0 Å². The summed E-state index contributed by atoms with van der Waals surface area (Å²) in [5.74, 6) is -0.653. The zero-order valence-electron chi connectivity index (χ0n) is 10.2. The van der Waals surface area contributed by atoms with Gasteiger partial charge in [-0.2, -0.15) is 0 Å². The number of rotatable bonds is 4. The number of halogens is 2. The zero-order chi connectivity index (χ0) is 14.0. The van der Waals surface area contributed by atoms with Crippen molar-refractivity contribution in [3.63, 3.8) is 0 Å². The highest BCUT2D eigenvalue weighted by molar-refractivity contribution is 6.35.